The second kappa shape index (κ2) is 12.7. The second-order valence-electron chi connectivity index (χ2n) is 15.5. The summed E-state index contributed by atoms with van der Waals surface area (Å²) >= 11 is 0. The lowest BCUT2D eigenvalue weighted by atomic mass is 9.82. The molecule has 0 unspecified atom stereocenters. The number of aryl methyl sites for hydroxylation is 2. The Morgan fingerprint density at radius 3 is 1.82 bits per heavy atom. The van der Waals surface area contributed by atoms with Gasteiger partial charge in [0.2, 0.25) is 0 Å². The van der Waals surface area contributed by atoms with Gasteiger partial charge >= 0.3 is 0 Å². The lowest BCUT2D eigenvalue weighted by Gasteiger charge is -2.32. The number of fused-ring (bicyclic) bond motifs is 6. The molecule has 2 nitrogen and oxygen atoms in total. The van der Waals surface area contributed by atoms with Crippen molar-refractivity contribution in [1.82, 2.24) is 4.57 Å². The molecule has 0 radical (unpaired) electrons. The molecule has 1 aromatic heterocycles. The van der Waals surface area contributed by atoms with Crippen molar-refractivity contribution < 1.29 is 0 Å². The molecule has 264 valence electrons. The van der Waals surface area contributed by atoms with Crippen molar-refractivity contribution in [1.29, 1.82) is 0 Å². The molecular weight excluding hydrogens is 665 g/mol. The highest BCUT2D eigenvalue weighted by Crippen LogP contribution is 2.55. The van der Waals surface area contributed by atoms with E-state index in [0.29, 0.717) is 0 Å². The van der Waals surface area contributed by atoms with Gasteiger partial charge in [-0.15, -0.1) is 0 Å². The van der Waals surface area contributed by atoms with E-state index >= 15 is 0 Å². The summed E-state index contributed by atoms with van der Waals surface area (Å²) in [5.74, 6) is 0. The summed E-state index contributed by atoms with van der Waals surface area (Å²) in [4.78, 5) is 2.52. The van der Waals surface area contributed by atoms with Crippen LogP contribution in [-0.2, 0) is 5.41 Å². The Kier molecular flexibility index (Phi) is 7.64. The van der Waals surface area contributed by atoms with Crippen molar-refractivity contribution in [3.63, 3.8) is 0 Å². The zero-order valence-electron chi connectivity index (χ0n) is 31.7. The zero-order chi connectivity index (χ0) is 37.3. The minimum absolute atomic E-state index is 0.101. The highest BCUT2D eigenvalue weighted by Gasteiger charge is 2.38. The van der Waals surface area contributed by atoms with E-state index in [0.717, 1.165) is 5.69 Å². The highest BCUT2D eigenvalue weighted by molar-refractivity contribution is 6.16. The van der Waals surface area contributed by atoms with Gasteiger partial charge < -0.3 is 9.47 Å². The first-order valence-electron chi connectivity index (χ1n) is 19.3. The predicted octanol–water partition coefficient (Wildman–Crippen LogP) is 14.5. The van der Waals surface area contributed by atoms with Crippen LogP contribution >= 0.6 is 0 Å². The number of hydrogen-bond acceptors (Lipinski definition) is 1. The van der Waals surface area contributed by atoms with Gasteiger partial charge in [-0.25, -0.2) is 0 Å². The molecule has 55 heavy (non-hydrogen) atoms. The average molecular weight is 707 g/mol. The molecule has 0 spiro atoms. The molecule has 0 saturated heterocycles. The molecule has 0 bridgehead atoms. The third-order valence-electron chi connectivity index (χ3n) is 11.8. The fraction of sp³-hybridized carbons (Fsp3) is 0.0943. The molecule has 0 N–H and O–H groups in total. The van der Waals surface area contributed by atoms with Gasteiger partial charge in [0, 0.05) is 33.1 Å². The Labute approximate surface area is 323 Å². The minimum Gasteiger partial charge on any atom is -0.309 e. The van der Waals surface area contributed by atoms with Crippen molar-refractivity contribution >= 4 is 38.9 Å². The van der Waals surface area contributed by atoms with Crippen LogP contribution in [-0.4, -0.2) is 4.57 Å². The smallest absolute Gasteiger partial charge is 0.0547 e. The van der Waals surface area contributed by atoms with Gasteiger partial charge in [-0.3, -0.25) is 0 Å². The van der Waals surface area contributed by atoms with Crippen molar-refractivity contribution in [2.24, 2.45) is 0 Å². The number of rotatable bonds is 6. The fourth-order valence-electron chi connectivity index (χ4n) is 9.32. The Balaban J connectivity index is 1.19. The van der Waals surface area contributed by atoms with Crippen LogP contribution in [0.5, 0.6) is 0 Å². The largest absolute Gasteiger partial charge is 0.309 e. The third-order valence-corrected chi connectivity index (χ3v) is 11.8. The highest BCUT2D eigenvalue weighted by atomic mass is 15.1. The third kappa shape index (κ3) is 5.16. The molecule has 2 heteroatoms. The molecule has 9 aromatic rings. The lowest BCUT2D eigenvalue weighted by Crippen LogP contribution is -2.17. The zero-order valence-corrected chi connectivity index (χ0v) is 31.7. The van der Waals surface area contributed by atoms with Crippen LogP contribution < -0.4 is 4.90 Å². The Morgan fingerprint density at radius 1 is 0.473 bits per heavy atom. The number of hydrogen-bond donors (Lipinski definition) is 0. The van der Waals surface area contributed by atoms with E-state index in [1.807, 2.05) is 0 Å². The molecule has 0 atom stereocenters. The molecule has 1 aliphatic carbocycles. The molecule has 0 saturated carbocycles. The summed E-state index contributed by atoms with van der Waals surface area (Å²) in [6.07, 6.45) is 0. The van der Waals surface area contributed by atoms with Gasteiger partial charge in [-0.1, -0.05) is 141 Å². The molecule has 1 heterocycles. The maximum atomic E-state index is 2.52. The Hall–Kier alpha value is -6.64. The van der Waals surface area contributed by atoms with E-state index in [2.05, 4.69) is 219 Å². The fourth-order valence-corrected chi connectivity index (χ4v) is 9.32. The van der Waals surface area contributed by atoms with E-state index in [4.69, 9.17) is 0 Å². The van der Waals surface area contributed by atoms with Crippen LogP contribution in [0, 0.1) is 13.8 Å². The van der Waals surface area contributed by atoms with Gasteiger partial charge in [0.1, 0.15) is 0 Å². The maximum Gasteiger partial charge on any atom is 0.0547 e. The molecule has 0 aliphatic heterocycles. The van der Waals surface area contributed by atoms with Gasteiger partial charge in [0.15, 0.2) is 0 Å². The van der Waals surface area contributed by atoms with E-state index < -0.39 is 0 Å². The molecule has 1 aliphatic rings. The van der Waals surface area contributed by atoms with Crippen molar-refractivity contribution in [3.8, 4) is 39.1 Å². The molecule has 10 rings (SSSR count). The van der Waals surface area contributed by atoms with Crippen LogP contribution in [0.4, 0.5) is 17.1 Å². The summed E-state index contributed by atoms with van der Waals surface area (Å²) < 4.78 is 2.40. The first-order chi connectivity index (χ1) is 26.9. The van der Waals surface area contributed by atoms with Crippen LogP contribution in [0.15, 0.2) is 182 Å². The second-order valence-corrected chi connectivity index (χ2v) is 15.5. The van der Waals surface area contributed by atoms with Crippen LogP contribution in [0.1, 0.15) is 36.1 Å². The SMILES string of the molecule is Cc1cc(-c2cccc3c2c2ccccc2n3-c2ccccc2)cc(C)c1N(c1ccc(-c2ccccc2)cc1)c1cccc2c1-c1ccccc1C2(C)C. The number of nitrogens with zero attached hydrogens (tertiary/aromatic N) is 2. The van der Waals surface area contributed by atoms with Crippen molar-refractivity contribution in [2.45, 2.75) is 33.1 Å². The molecule has 0 fully saturated rings. The number of benzene rings is 8. The average Bonchev–Trinajstić information content (AvgIpc) is 3.69. The quantitative estimate of drug-likeness (QED) is 0.167. The van der Waals surface area contributed by atoms with E-state index in [9.17, 15) is 0 Å². The Bertz CT molecular complexity index is 2870. The monoisotopic (exact) mass is 706 g/mol. The topological polar surface area (TPSA) is 8.17 Å². The van der Waals surface area contributed by atoms with Gasteiger partial charge in [-0.05, 0) is 119 Å². The van der Waals surface area contributed by atoms with Crippen LogP contribution in [0.25, 0.3) is 60.9 Å². The standard InChI is InChI=1S/C53H42N2/c1-35-33-39(42-23-15-27-48-50(42)44-22-12-14-26-47(44)54(48)40-19-9-6-10-20-40)34-36(2)52(35)55(41-31-29-38(30-32-41)37-17-7-5-8-18-37)49-28-16-25-46-51(49)43-21-11-13-24-45(43)53(46,3)4/h5-34H,1-4H3. The molecular formula is C53H42N2. The minimum atomic E-state index is -0.101. The van der Waals surface area contributed by atoms with Crippen LogP contribution in [0.2, 0.25) is 0 Å². The first kappa shape index (κ1) is 33.0. The lowest BCUT2D eigenvalue weighted by molar-refractivity contribution is 0.660. The summed E-state index contributed by atoms with van der Waals surface area (Å²) in [7, 11) is 0. The van der Waals surface area contributed by atoms with Crippen molar-refractivity contribution in [2.75, 3.05) is 4.90 Å². The number of para-hydroxylation sites is 2. The number of anilines is 3. The maximum absolute atomic E-state index is 2.52. The predicted molar refractivity (Wildman–Crippen MR) is 233 cm³/mol. The summed E-state index contributed by atoms with van der Waals surface area (Å²) in [6.45, 7) is 9.29. The van der Waals surface area contributed by atoms with E-state index in [1.165, 1.54) is 94.5 Å². The Morgan fingerprint density at radius 2 is 1.05 bits per heavy atom. The summed E-state index contributed by atoms with van der Waals surface area (Å²) in [5, 5.41) is 2.54. The normalized spacial score (nSPS) is 12.9. The van der Waals surface area contributed by atoms with E-state index in [1.54, 1.807) is 0 Å². The van der Waals surface area contributed by atoms with Gasteiger partial charge in [-0.2, -0.15) is 0 Å². The summed E-state index contributed by atoms with van der Waals surface area (Å²) in [6, 6.07) is 66.7. The number of aromatic nitrogens is 1. The van der Waals surface area contributed by atoms with Gasteiger partial charge in [0.05, 0.1) is 22.4 Å². The van der Waals surface area contributed by atoms with Crippen molar-refractivity contribution in [3.05, 3.63) is 204 Å². The summed E-state index contributed by atoms with van der Waals surface area (Å²) in [5.41, 5.74) is 19.8. The molecule has 0 amide bonds. The van der Waals surface area contributed by atoms with Crippen LogP contribution in [0.3, 0.4) is 0 Å². The van der Waals surface area contributed by atoms with E-state index in [-0.39, 0.29) is 5.41 Å². The molecule has 8 aromatic carbocycles. The first-order valence-corrected chi connectivity index (χ1v) is 19.3. The van der Waals surface area contributed by atoms with Gasteiger partial charge in [0.25, 0.3) is 0 Å².